The van der Waals surface area contributed by atoms with Crippen molar-refractivity contribution in [3.05, 3.63) is 74.9 Å². The molecule has 2 aliphatic heterocycles. The lowest BCUT2D eigenvalue weighted by atomic mass is 10.0. The van der Waals surface area contributed by atoms with Gasteiger partial charge in [0.25, 0.3) is 11.5 Å². The van der Waals surface area contributed by atoms with E-state index < -0.39 is 33.2 Å². The van der Waals surface area contributed by atoms with Crippen LogP contribution >= 0.6 is 0 Å². The molecule has 42 heavy (non-hydrogen) atoms. The van der Waals surface area contributed by atoms with Crippen LogP contribution in [0.15, 0.2) is 63.0 Å². The molecule has 0 bridgehead atoms. The van der Waals surface area contributed by atoms with Gasteiger partial charge in [-0.15, -0.1) is 0 Å². The zero-order valence-corrected chi connectivity index (χ0v) is 23.6. The van der Waals surface area contributed by atoms with E-state index in [0.29, 0.717) is 55.5 Å². The van der Waals surface area contributed by atoms with Crippen LogP contribution in [0.1, 0.15) is 36.0 Å². The van der Waals surface area contributed by atoms with Crippen LogP contribution in [-0.4, -0.2) is 67.4 Å². The Kier molecular flexibility index (Phi) is 7.17. The van der Waals surface area contributed by atoms with E-state index >= 15 is 0 Å². The van der Waals surface area contributed by atoms with Crippen molar-refractivity contribution < 1.29 is 22.7 Å². The molecule has 13 heteroatoms. The van der Waals surface area contributed by atoms with Gasteiger partial charge in [-0.25, -0.2) is 13.2 Å². The molecule has 1 atom stereocenters. The molecule has 218 valence electrons. The number of rotatable bonds is 8. The first-order valence-electron chi connectivity index (χ1n) is 13.7. The summed E-state index contributed by atoms with van der Waals surface area (Å²) in [6.45, 7) is 1.15. The molecule has 0 spiro atoms. The van der Waals surface area contributed by atoms with Crippen LogP contribution in [0.2, 0.25) is 0 Å². The van der Waals surface area contributed by atoms with Crippen LogP contribution in [0, 0.1) is 0 Å². The van der Waals surface area contributed by atoms with Crippen molar-refractivity contribution in [2.45, 2.75) is 36.6 Å². The van der Waals surface area contributed by atoms with Gasteiger partial charge in [0.2, 0.25) is 15.9 Å². The highest BCUT2D eigenvalue weighted by Gasteiger charge is 2.38. The Balaban J connectivity index is 1.31. The van der Waals surface area contributed by atoms with Gasteiger partial charge in [-0.1, -0.05) is 18.6 Å². The Morgan fingerprint density at radius 3 is 2.69 bits per heavy atom. The molecule has 3 N–H and O–H groups in total. The number of aromatic nitrogens is 2. The SMILES string of the molecule is COCCCN1C(=O)c2cccc3c(NC(=O)C4CCCCN4S(=O)(=O)c4ccc5[nH]c(=O)[nH]c(=O)c5c4)ccc1c23. The average molecular weight is 592 g/mol. The number of nitrogens with zero attached hydrogens (tertiary/aromatic N) is 2. The van der Waals surface area contributed by atoms with Crippen LogP contribution in [0.5, 0.6) is 0 Å². The van der Waals surface area contributed by atoms with E-state index in [4.69, 9.17) is 4.74 Å². The molecule has 0 saturated carbocycles. The number of methoxy groups -OCH3 is 1. The van der Waals surface area contributed by atoms with Crippen molar-refractivity contribution in [2.75, 3.05) is 37.0 Å². The van der Waals surface area contributed by atoms with Gasteiger partial charge in [-0.2, -0.15) is 4.31 Å². The molecular formula is C29H29N5O7S. The maximum atomic E-state index is 13.8. The molecule has 0 aliphatic carbocycles. The maximum absolute atomic E-state index is 13.8. The first-order chi connectivity index (χ1) is 20.2. The third-order valence-electron chi connectivity index (χ3n) is 7.85. The van der Waals surface area contributed by atoms with Crippen LogP contribution < -0.4 is 21.5 Å². The summed E-state index contributed by atoms with van der Waals surface area (Å²) in [5, 5.41) is 4.38. The number of piperidine rings is 1. The molecular weight excluding hydrogens is 562 g/mol. The van der Waals surface area contributed by atoms with Crippen molar-refractivity contribution in [2.24, 2.45) is 0 Å². The normalized spacial score (nSPS) is 17.3. The number of hydrogen-bond acceptors (Lipinski definition) is 7. The first kappa shape index (κ1) is 27.8. The average Bonchev–Trinajstić information content (AvgIpc) is 3.26. The molecule has 2 aliphatic rings. The lowest BCUT2D eigenvalue weighted by Gasteiger charge is -2.33. The Morgan fingerprint density at radius 2 is 1.88 bits per heavy atom. The zero-order chi connectivity index (χ0) is 29.6. The number of carbonyl (C=O) groups excluding carboxylic acids is 2. The molecule has 12 nitrogen and oxygen atoms in total. The van der Waals surface area contributed by atoms with Gasteiger partial charge < -0.3 is 19.9 Å². The minimum atomic E-state index is -4.17. The number of H-pyrrole nitrogens is 2. The smallest absolute Gasteiger partial charge is 0.326 e. The number of fused-ring (bicyclic) bond motifs is 1. The van der Waals surface area contributed by atoms with Crippen LogP contribution in [0.25, 0.3) is 21.7 Å². The van der Waals surface area contributed by atoms with Crippen LogP contribution in [0.3, 0.4) is 0 Å². The summed E-state index contributed by atoms with van der Waals surface area (Å²) in [5.74, 6) is -0.596. The van der Waals surface area contributed by atoms with E-state index in [2.05, 4.69) is 15.3 Å². The molecule has 1 fully saturated rings. The topological polar surface area (TPSA) is 162 Å². The van der Waals surface area contributed by atoms with Crippen molar-refractivity contribution in [1.29, 1.82) is 0 Å². The lowest BCUT2D eigenvalue weighted by molar-refractivity contribution is -0.120. The second-order valence-electron chi connectivity index (χ2n) is 10.4. The molecule has 1 aromatic heterocycles. The fourth-order valence-corrected chi connectivity index (χ4v) is 7.54. The summed E-state index contributed by atoms with van der Waals surface area (Å²) < 4.78 is 33.9. The van der Waals surface area contributed by atoms with E-state index in [1.807, 2.05) is 6.07 Å². The van der Waals surface area contributed by atoms with E-state index in [-0.39, 0.29) is 28.3 Å². The number of aromatic amines is 2. The summed E-state index contributed by atoms with van der Waals surface area (Å²) in [5.41, 5.74) is 0.595. The maximum Gasteiger partial charge on any atom is 0.326 e. The molecule has 0 radical (unpaired) electrons. The van der Waals surface area contributed by atoms with E-state index in [1.54, 1.807) is 36.3 Å². The molecule has 4 aromatic rings. The minimum Gasteiger partial charge on any atom is -0.385 e. The Hall–Kier alpha value is -4.33. The predicted octanol–water partition coefficient (Wildman–Crippen LogP) is 2.55. The van der Waals surface area contributed by atoms with Gasteiger partial charge in [-0.05, 0) is 55.7 Å². The Labute approximate surface area is 240 Å². The van der Waals surface area contributed by atoms with Gasteiger partial charge in [-0.3, -0.25) is 19.4 Å². The van der Waals surface area contributed by atoms with E-state index in [9.17, 15) is 27.6 Å². The standard InChI is InChI=1S/C29H29N5O7S/c1-41-15-5-13-33-23-12-11-21(18-6-4-7-19(25(18)23)28(33)37)30-27(36)24-8-2-3-14-34(24)42(39,40)17-9-10-22-20(16-17)26(35)32-29(38)31-22/h4,6-7,9-12,16,24H,2-3,5,8,13-15H2,1H3,(H,30,36)(H2,31,32,35,38). The van der Waals surface area contributed by atoms with Crippen molar-refractivity contribution in [3.63, 3.8) is 0 Å². The first-order valence-corrected chi connectivity index (χ1v) is 15.1. The molecule has 3 heterocycles. The number of anilines is 2. The van der Waals surface area contributed by atoms with Crippen LogP contribution in [0.4, 0.5) is 11.4 Å². The number of ether oxygens (including phenoxy) is 1. The van der Waals surface area contributed by atoms with E-state index in [0.717, 1.165) is 11.1 Å². The summed E-state index contributed by atoms with van der Waals surface area (Å²) in [4.78, 5) is 56.9. The molecule has 3 aromatic carbocycles. The summed E-state index contributed by atoms with van der Waals surface area (Å²) >= 11 is 0. The number of carbonyl (C=O) groups is 2. The van der Waals surface area contributed by atoms with Gasteiger partial charge in [0.15, 0.2) is 0 Å². The number of amides is 2. The number of nitrogens with one attached hydrogen (secondary N) is 3. The highest BCUT2D eigenvalue weighted by atomic mass is 32.2. The van der Waals surface area contributed by atoms with Gasteiger partial charge in [0, 0.05) is 48.8 Å². The highest BCUT2D eigenvalue weighted by molar-refractivity contribution is 7.89. The zero-order valence-electron chi connectivity index (χ0n) is 22.8. The fourth-order valence-electron chi connectivity index (χ4n) is 5.85. The number of benzene rings is 3. The molecule has 1 unspecified atom stereocenters. The second-order valence-corrected chi connectivity index (χ2v) is 12.3. The second kappa shape index (κ2) is 10.8. The summed E-state index contributed by atoms with van der Waals surface area (Å²) in [6, 6.07) is 11.8. The van der Waals surface area contributed by atoms with Gasteiger partial charge in [0.05, 0.1) is 21.5 Å². The Bertz CT molecular complexity index is 1970. The molecule has 2 amide bonds. The van der Waals surface area contributed by atoms with Gasteiger partial charge >= 0.3 is 5.69 Å². The minimum absolute atomic E-state index is 0.0207. The van der Waals surface area contributed by atoms with Crippen LogP contribution in [-0.2, 0) is 19.6 Å². The summed E-state index contributed by atoms with van der Waals surface area (Å²) in [6.07, 6.45) is 2.23. The van der Waals surface area contributed by atoms with E-state index in [1.165, 1.54) is 22.5 Å². The van der Waals surface area contributed by atoms with Crippen molar-refractivity contribution in [1.82, 2.24) is 14.3 Å². The monoisotopic (exact) mass is 591 g/mol. The molecule has 1 saturated heterocycles. The Morgan fingerprint density at radius 1 is 1.05 bits per heavy atom. The third-order valence-corrected chi connectivity index (χ3v) is 9.75. The fraction of sp³-hybridized carbons (Fsp3) is 0.310. The lowest BCUT2D eigenvalue weighted by Crippen LogP contribution is -2.49. The number of sulfonamides is 1. The molecule has 6 rings (SSSR count). The highest BCUT2D eigenvalue weighted by Crippen LogP contribution is 2.41. The predicted molar refractivity (Wildman–Crippen MR) is 157 cm³/mol. The van der Waals surface area contributed by atoms with Gasteiger partial charge in [0.1, 0.15) is 6.04 Å². The largest absolute Gasteiger partial charge is 0.385 e. The quantitative estimate of drug-likeness (QED) is 0.265. The third kappa shape index (κ3) is 4.68. The number of hydrogen-bond donors (Lipinski definition) is 3. The van der Waals surface area contributed by atoms with Crippen molar-refractivity contribution in [3.8, 4) is 0 Å². The van der Waals surface area contributed by atoms with Crippen molar-refractivity contribution >= 4 is 54.9 Å². The summed E-state index contributed by atoms with van der Waals surface area (Å²) in [7, 11) is -2.56.